The van der Waals surface area contributed by atoms with Crippen molar-refractivity contribution < 1.29 is 4.74 Å². The molecule has 3 heteroatoms. The number of benzene rings is 1. The second-order valence-corrected chi connectivity index (χ2v) is 4.33. The third kappa shape index (κ3) is 5.24. The van der Waals surface area contributed by atoms with Gasteiger partial charge in [0.15, 0.2) is 0 Å². The second kappa shape index (κ2) is 7.36. The van der Waals surface area contributed by atoms with Gasteiger partial charge in [-0.05, 0) is 18.4 Å². The molecule has 0 heterocycles. The Labute approximate surface area is 103 Å². The van der Waals surface area contributed by atoms with E-state index in [0.717, 1.165) is 19.4 Å². The molecule has 0 spiro atoms. The maximum Gasteiger partial charge on any atom is 0.0753 e. The normalized spacial score (nSPS) is 12.3. The van der Waals surface area contributed by atoms with Crippen molar-refractivity contribution >= 4 is 17.2 Å². The van der Waals surface area contributed by atoms with Gasteiger partial charge in [0.05, 0.1) is 17.7 Å². The van der Waals surface area contributed by atoms with E-state index in [0.29, 0.717) is 11.4 Å². The van der Waals surface area contributed by atoms with Crippen LogP contribution in [0.25, 0.3) is 0 Å². The van der Waals surface area contributed by atoms with Crippen LogP contribution in [0.1, 0.15) is 25.3 Å². The van der Waals surface area contributed by atoms with Gasteiger partial charge in [-0.3, -0.25) is 0 Å². The van der Waals surface area contributed by atoms with Crippen molar-refractivity contribution in [2.24, 2.45) is 5.73 Å². The van der Waals surface area contributed by atoms with Crippen molar-refractivity contribution in [1.82, 2.24) is 0 Å². The maximum absolute atomic E-state index is 5.74. The molecule has 0 aliphatic carbocycles. The van der Waals surface area contributed by atoms with E-state index in [1.807, 2.05) is 18.2 Å². The zero-order chi connectivity index (χ0) is 11.8. The molecule has 0 amide bonds. The Kier molecular flexibility index (Phi) is 6.04. The molecule has 1 rings (SSSR count). The molecule has 1 unspecified atom stereocenters. The van der Waals surface area contributed by atoms with Crippen molar-refractivity contribution in [2.45, 2.75) is 32.3 Å². The van der Waals surface area contributed by atoms with E-state index in [4.69, 9.17) is 22.7 Å². The fourth-order valence-corrected chi connectivity index (χ4v) is 1.72. The number of thiocarbonyl (C=S) groups is 1. The Morgan fingerprint density at radius 1 is 1.38 bits per heavy atom. The Morgan fingerprint density at radius 2 is 2.06 bits per heavy atom. The van der Waals surface area contributed by atoms with Crippen LogP contribution < -0.4 is 5.73 Å². The zero-order valence-electron chi connectivity index (χ0n) is 9.69. The lowest BCUT2D eigenvalue weighted by Crippen LogP contribution is -2.21. The lowest BCUT2D eigenvalue weighted by atomic mass is 10.1. The number of hydrogen-bond donors (Lipinski definition) is 1. The summed E-state index contributed by atoms with van der Waals surface area (Å²) in [6.07, 6.45) is 2.74. The fourth-order valence-electron chi connectivity index (χ4n) is 1.53. The topological polar surface area (TPSA) is 35.2 Å². The van der Waals surface area contributed by atoms with Gasteiger partial charge in [-0.15, -0.1) is 0 Å². The SMILES string of the molecule is CCC(CC(N)=S)OCCc1ccccc1. The molecule has 1 aromatic rings. The molecule has 0 fully saturated rings. The number of hydrogen-bond acceptors (Lipinski definition) is 2. The van der Waals surface area contributed by atoms with E-state index in [9.17, 15) is 0 Å². The molecule has 2 nitrogen and oxygen atoms in total. The van der Waals surface area contributed by atoms with Crippen LogP contribution in [-0.2, 0) is 11.2 Å². The third-order valence-electron chi connectivity index (χ3n) is 2.47. The van der Waals surface area contributed by atoms with Gasteiger partial charge in [0.1, 0.15) is 0 Å². The van der Waals surface area contributed by atoms with Crippen LogP contribution in [0.5, 0.6) is 0 Å². The van der Waals surface area contributed by atoms with Crippen LogP contribution in [0.15, 0.2) is 30.3 Å². The summed E-state index contributed by atoms with van der Waals surface area (Å²) in [6.45, 7) is 2.82. The molecule has 88 valence electrons. The summed E-state index contributed by atoms with van der Waals surface area (Å²) >= 11 is 4.88. The van der Waals surface area contributed by atoms with Gasteiger partial charge in [0.2, 0.25) is 0 Å². The first-order chi connectivity index (χ1) is 7.72. The highest BCUT2D eigenvalue weighted by Gasteiger charge is 2.07. The Balaban J connectivity index is 2.26. The van der Waals surface area contributed by atoms with E-state index in [-0.39, 0.29) is 6.10 Å². The van der Waals surface area contributed by atoms with Gasteiger partial charge >= 0.3 is 0 Å². The number of nitrogens with two attached hydrogens (primary N) is 1. The summed E-state index contributed by atoms with van der Waals surface area (Å²) in [5, 5.41) is 0. The lowest BCUT2D eigenvalue weighted by molar-refractivity contribution is 0.0581. The summed E-state index contributed by atoms with van der Waals surface area (Å²) in [6, 6.07) is 10.3. The average Bonchev–Trinajstić information content (AvgIpc) is 2.28. The molecule has 0 saturated heterocycles. The number of ether oxygens (including phenoxy) is 1. The molecule has 0 aliphatic rings. The fraction of sp³-hybridized carbons (Fsp3) is 0.462. The van der Waals surface area contributed by atoms with Gasteiger partial charge < -0.3 is 10.5 Å². The Hall–Kier alpha value is -0.930. The summed E-state index contributed by atoms with van der Waals surface area (Å²) in [5.74, 6) is 0. The minimum absolute atomic E-state index is 0.168. The monoisotopic (exact) mass is 237 g/mol. The van der Waals surface area contributed by atoms with E-state index in [1.165, 1.54) is 5.56 Å². The van der Waals surface area contributed by atoms with E-state index in [2.05, 4.69) is 19.1 Å². The third-order valence-corrected chi connectivity index (χ3v) is 2.64. The van der Waals surface area contributed by atoms with Crippen molar-refractivity contribution in [3.8, 4) is 0 Å². The first kappa shape index (κ1) is 13.1. The molecule has 16 heavy (non-hydrogen) atoms. The summed E-state index contributed by atoms with van der Waals surface area (Å²) in [7, 11) is 0. The van der Waals surface area contributed by atoms with E-state index < -0.39 is 0 Å². The van der Waals surface area contributed by atoms with Gasteiger partial charge in [0.25, 0.3) is 0 Å². The van der Waals surface area contributed by atoms with Gasteiger partial charge in [-0.25, -0.2) is 0 Å². The predicted octanol–water partition coefficient (Wildman–Crippen LogP) is 2.70. The molecular weight excluding hydrogens is 218 g/mol. The molecule has 0 bridgehead atoms. The largest absolute Gasteiger partial charge is 0.393 e. The standard InChI is InChI=1S/C13H19NOS/c1-2-12(10-13(14)16)15-9-8-11-6-4-3-5-7-11/h3-7,12H,2,8-10H2,1H3,(H2,14,16). The van der Waals surface area contributed by atoms with Gasteiger partial charge in [-0.1, -0.05) is 49.5 Å². The molecule has 0 aromatic heterocycles. The van der Waals surface area contributed by atoms with Crippen LogP contribution in [0.3, 0.4) is 0 Å². The lowest BCUT2D eigenvalue weighted by Gasteiger charge is -2.15. The second-order valence-electron chi connectivity index (χ2n) is 3.81. The minimum Gasteiger partial charge on any atom is -0.393 e. The highest BCUT2D eigenvalue weighted by molar-refractivity contribution is 7.80. The minimum atomic E-state index is 0.168. The van der Waals surface area contributed by atoms with Gasteiger partial charge in [0, 0.05) is 6.42 Å². The van der Waals surface area contributed by atoms with Gasteiger partial charge in [-0.2, -0.15) is 0 Å². The summed E-state index contributed by atoms with van der Waals surface area (Å²) in [4.78, 5) is 0.534. The molecule has 0 saturated carbocycles. The van der Waals surface area contributed by atoms with Crippen LogP contribution >= 0.6 is 12.2 Å². The summed E-state index contributed by atoms with van der Waals surface area (Å²) < 4.78 is 5.74. The molecule has 2 N–H and O–H groups in total. The molecule has 1 aromatic carbocycles. The van der Waals surface area contributed by atoms with E-state index >= 15 is 0 Å². The quantitative estimate of drug-likeness (QED) is 0.741. The van der Waals surface area contributed by atoms with Crippen molar-refractivity contribution in [2.75, 3.05) is 6.61 Å². The predicted molar refractivity (Wildman–Crippen MR) is 71.6 cm³/mol. The van der Waals surface area contributed by atoms with Crippen LogP contribution in [0.2, 0.25) is 0 Å². The van der Waals surface area contributed by atoms with Crippen molar-refractivity contribution in [3.63, 3.8) is 0 Å². The van der Waals surface area contributed by atoms with E-state index in [1.54, 1.807) is 0 Å². The smallest absolute Gasteiger partial charge is 0.0753 e. The first-order valence-electron chi connectivity index (χ1n) is 5.66. The van der Waals surface area contributed by atoms with Crippen LogP contribution in [0.4, 0.5) is 0 Å². The molecule has 0 aliphatic heterocycles. The molecule has 1 atom stereocenters. The highest BCUT2D eigenvalue weighted by Crippen LogP contribution is 2.06. The van der Waals surface area contributed by atoms with Crippen molar-refractivity contribution in [3.05, 3.63) is 35.9 Å². The summed E-state index contributed by atoms with van der Waals surface area (Å²) in [5.41, 5.74) is 6.80. The molecular formula is C13H19NOS. The van der Waals surface area contributed by atoms with Crippen LogP contribution in [0, 0.1) is 0 Å². The average molecular weight is 237 g/mol. The highest BCUT2D eigenvalue weighted by atomic mass is 32.1. The Bertz CT molecular complexity index is 313. The number of rotatable bonds is 7. The maximum atomic E-state index is 5.74. The van der Waals surface area contributed by atoms with Crippen molar-refractivity contribution in [1.29, 1.82) is 0 Å². The first-order valence-corrected chi connectivity index (χ1v) is 6.07. The molecule has 0 radical (unpaired) electrons. The Morgan fingerprint density at radius 3 is 2.62 bits per heavy atom. The van der Waals surface area contributed by atoms with Crippen LogP contribution in [-0.4, -0.2) is 17.7 Å². The zero-order valence-corrected chi connectivity index (χ0v) is 10.5.